The summed E-state index contributed by atoms with van der Waals surface area (Å²) >= 11 is 0. The van der Waals surface area contributed by atoms with Gasteiger partial charge < -0.3 is 32.3 Å². The molecule has 0 aliphatic carbocycles. The highest BCUT2D eigenvalue weighted by atomic mass is 16.3. The number of aliphatic hydroxyl groups is 2. The summed E-state index contributed by atoms with van der Waals surface area (Å²) in [5.74, 6) is -0.800. The summed E-state index contributed by atoms with van der Waals surface area (Å²) in [6.45, 7) is 0. The lowest BCUT2D eigenvalue weighted by Gasteiger charge is -2.30. The van der Waals surface area contributed by atoms with Crippen molar-refractivity contribution < 1.29 is 10.2 Å². The smallest absolute Gasteiger partial charge is 0.234 e. The lowest BCUT2D eigenvalue weighted by atomic mass is 10.2. The molecule has 0 saturated carbocycles. The normalized spacial score (nSPS) is 25.2. The van der Waals surface area contributed by atoms with Crippen LogP contribution in [0.1, 0.15) is 0 Å². The predicted molar refractivity (Wildman–Crippen MR) is 43.4 cm³/mol. The maximum Gasteiger partial charge on any atom is 0.234 e. The lowest BCUT2D eigenvalue weighted by Crippen LogP contribution is -2.47. The number of hydrogen-bond donors (Lipinski definition) is 5. The molecule has 1 rings (SSSR count). The van der Waals surface area contributed by atoms with E-state index in [0.29, 0.717) is 0 Å². The molecule has 68 valence electrons. The maximum absolute atomic E-state index is 9.21. The lowest BCUT2D eigenvalue weighted by molar-refractivity contribution is 0.165. The molecule has 0 fully saturated rings. The van der Waals surface area contributed by atoms with Crippen LogP contribution in [0.2, 0.25) is 0 Å². The van der Waals surface area contributed by atoms with E-state index in [4.69, 9.17) is 17.2 Å². The molecule has 6 heteroatoms. The number of likely N-dealkylation sites (N-methyl/N-ethyl adjacent to an activating group) is 1. The summed E-state index contributed by atoms with van der Waals surface area (Å²) in [4.78, 5) is 1.22. The van der Waals surface area contributed by atoms with Gasteiger partial charge in [0.2, 0.25) is 11.6 Å². The SMILES string of the molecule is CN1C(O)=C(O)C(N)=C(N)C1N. The Labute approximate surface area is 69.5 Å². The van der Waals surface area contributed by atoms with Gasteiger partial charge in [-0.3, -0.25) is 0 Å². The summed E-state index contributed by atoms with van der Waals surface area (Å²) in [6, 6.07) is 0. The first-order valence-electron chi connectivity index (χ1n) is 3.33. The molecule has 1 aliphatic heterocycles. The monoisotopic (exact) mass is 172 g/mol. The molecule has 0 bridgehead atoms. The second-order valence-electron chi connectivity index (χ2n) is 2.60. The van der Waals surface area contributed by atoms with E-state index in [9.17, 15) is 10.2 Å². The molecule has 0 spiro atoms. The van der Waals surface area contributed by atoms with Crippen LogP contribution in [-0.4, -0.2) is 28.3 Å². The molecular formula is C6H12N4O2. The van der Waals surface area contributed by atoms with E-state index in [2.05, 4.69) is 0 Å². The van der Waals surface area contributed by atoms with Crippen molar-refractivity contribution in [1.29, 1.82) is 0 Å². The van der Waals surface area contributed by atoms with Crippen LogP contribution in [0.15, 0.2) is 23.0 Å². The third-order valence-electron chi connectivity index (χ3n) is 1.85. The average molecular weight is 172 g/mol. The Morgan fingerprint density at radius 3 is 2.33 bits per heavy atom. The molecule has 0 aromatic carbocycles. The molecule has 0 aromatic rings. The Hall–Kier alpha value is -1.56. The predicted octanol–water partition coefficient (Wildman–Crippen LogP) is -1.37. The molecule has 1 aliphatic rings. The molecule has 1 unspecified atom stereocenters. The van der Waals surface area contributed by atoms with Crippen molar-refractivity contribution in [3.63, 3.8) is 0 Å². The van der Waals surface area contributed by atoms with Gasteiger partial charge in [-0.1, -0.05) is 0 Å². The van der Waals surface area contributed by atoms with Crippen LogP contribution in [-0.2, 0) is 0 Å². The summed E-state index contributed by atoms with van der Waals surface area (Å²) in [5, 5.41) is 18.4. The Morgan fingerprint density at radius 2 is 1.83 bits per heavy atom. The Balaban J connectivity index is 3.18. The third kappa shape index (κ3) is 0.928. The van der Waals surface area contributed by atoms with Gasteiger partial charge in [-0.15, -0.1) is 0 Å². The molecule has 8 N–H and O–H groups in total. The van der Waals surface area contributed by atoms with Crippen molar-refractivity contribution in [2.24, 2.45) is 17.2 Å². The molecule has 0 amide bonds. The fourth-order valence-electron chi connectivity index (χ4n) is 0.924. The molecule has 1 atom stereocenters. The highest BCUT2D eigenvalue weighted by Crippen LogP contribution is 2.19. The Bertz CT molecular complexity index is 243. The van der Waals surface area contributed by atoms with E-state index in [1.165, 1.54) is 11.9 Å². The summed E-state index contributed by atoms with van der Waals surface area (Å²) in [6.07, 6.45) is -0.694. The molecule has 6 nitrogen and oxygen atoms in total. The first kappa shape index (κ1) is 8.54. The first-order valence-corrected chi connectivity index (χ1v) is 3.33. The summed E-state index contributed by atoms with van der Waals surface area (Å²) < 4.78 is 0. The molecule has 1 heterocycles. The second kappa shape index (κ2) is 2.49. The van der Waals surface area contributed by atoms with Gasteiger partial charge in [0.25, 0.3) is 0 Å². The second-order valence-corrected chi connectivity index (χ2v) is 2.60. The van der Waals surface area contributed by atoms with Crippen LogP contribution in [0, 0.1) is 0 Å². The van der Waals surface area contributed by atoms with E-state index in [1.807, 2.05) is 0 Å². The van der Waals surface area contributed by atoms with E-state index < -0.39 is 11.9 Å². The van der Waals surface area contributed by atoms with Crippen LogP contribution in [0.25, 0.3) is 0 Å². The van der Waals surface area contributed by atoms with Gasteiger partial charge in [-0.2, -0.15) is 0 Å². The number of nitrogens with two attached hydrogens (primary N) is 3. The first-order chi connectivity index (χ1) is 5.46. The van der Waals surface area contributed by atoms with E-state index in [0.717, 1.165) is 0 Å². The molecule has 0 aromatic heterocycles. The fourth-order valence-corrected chi connectivity index (χ4v) is 0.924. The standard InChI is InChI=1S/C6H12N4O2/c1-10-5(9)3(8)2(7)4(11)6(10)12/h5,11-12H,7-9H2,1H3. The average Bonchev–Trinajstić information content (AvgIpc) is 2.08. The van der Waals surface area contributed by atoms with Gasteiger partial charge in [0.1, 0.15) is 11.9 Å². The van der Waals surface area contributed by atoms with Gasteiger partial charge in [0.05, 0.1) is 5.70 Å². The van der Waals surface area contributed by atoms with E-state index in [1.54, 1.807) is 0 Å². The highest BCUT2D eigenvalue weighted by molar-refractivity contribution is 5.34. The highest BCUT2D eigenvalue weighted by Gasteiger charge is 2.27. The van der Waals surface area contributed by atoms with Crippen LogP contribution < -0.4 is 17.2 Å². The van der Waals surface area contributed by atoms with Gasteiger partial charge >= 0.3 is 0 Å². The van der Waals surface area contributed by atoms with Crippen molar-refractivity contribution in [3.05, 3.63) is 23.0 Å². The largest absolute Gasteiger partial charge is 0.502 e. The van der Waals surface area contributed by atoms with Gasteiger partial charge in [-0.05, 0) is 0 Å². The number of nitrogens with zero attached hydrogens (tertiary/aromatic N) is 1. The topological polar surface area (TPSA) is 122 Å². The van der Waals surface area contributed by atoms with Crippen LogP contribution >= 0.6 is 0 Å². The van der Waals surface area contributed by atoms with Crippen LogP contribution in [0.3, 0.4) is 0 Å². The van der Waals surface area contributed by atoms with Gasteiger partial charge in [0.15, 0.2) is 0 Å². The number of hydrogen-bond acceptors (Lipinski definition) is 6. The van der Waals surface area contributed by atoms with Crippen LogP contribution in [0.5, 0.6) is 0 Å². The Kier molecular flexibility index (Phi) is 1.77. The van der Waals surface area contributed by atoms with Crippen molar-refractivity contribution in [2.45, 2.75) is 6.17 Å². The number of rotatable bonds is 0. The minimum absolute atomic E-state index is 0.0712. The quantitative estimate of drug-likeness (QED) is 0.307. The maximum atomic E-state index is 9.21. The van der Waals surface area contributed by atoms with E-state index in [-0.39, 0.29) is 17.3 Å². The fraction of sp³-hybridized carbons (Fsp3) is 0.333. The van der Waals surface area contributed by atoms with Crippen molar-refractivity contribution in [1.82, 2.24) is 4.90 Å². The molecular weight excluding hydrogens is 160 g/mol. The molecule has 12 heavy (non-hydrogen) atoms. The van der Waals surface area contributed by atoms with Gasteiger partial charge in [0, 0.05) is 7.05 Å². The zero-order valence-electron chi connectivity index (χ0n) is 6.65. The van der Waals surface area contributed by atoms with Gasteiger partial charge in [-0.25, -0.2) is 0 Å². The van der Waals surface area contributed by atoms with Crippen molar-refractivity contribution in [2.75, 3.05) is 7.05 Å². The number of aliphatic hydroxyl groups excluding tert-OH is 2. The molecule has 0 saturated heterocycles. The third-order valence-corrected chi connectivity index (χ3v) is 1.85. The van der Waals surface area contributed by atoms with Crippen molar-refractivity contribution in [3.8, 4) is 0 Å². The van der Waals surface area contributed by atoms with Crippen molar-refractivity contribution >= 4 is 0 Å². The zero-order valence-corrected chi connectivity index (χ0v) is 6.65. The Morgan fingerprint density at radius 1 is 1.33 bits per heavy atom. The van der Waals surface area contributed by atoms with E-state index >= 15 is 0 Å². The van der Waals surface area contributed by atoms with Crippen LogP contribution in [0.4, 0.5) is 0 Å². The zero-order chi connectivity index (χ0) is 9.46. The summed E-state index contributed by atoms with van der Waals surface area (Å²) in [5.41, 5.74) is 16.4. The summed E-state index contributed by atoms with van der Waals surface area (Å²) in [7, 11) is 1.50. The minimum Gasteiger partial charge on any atom is -0.502 e. The minimum atomic E-state index is -0.694. The molecule has 0 radical (unpaired) electrons.